The fraction of sp³-hybridized carbons (Fsp3) is 0.643. The highest BCUT2D eigenvalue weighted by molar-refractivity contribution is 7.09. The zero-order valence-electron chi connectivity index (χ0n) is 12.8. The molecule has 0 atom stereocenters. The highest BCUT2D eigenvalue weighted by atomic mass is 32.1. The molecule has 0 unspecified atom stereocenters. The predicted octanol–water partition coefficient (Wildman–Crippen LogP) is 2.43. The second-order valence-electron chi connectivity index (χ2n) is 5.22. The lowest BCUT2D eigenvalue weighted by molar-refractivity contribution is -0.133. The quantitative estimate of drug-likeness (QED) is 0.877. The first-order valence-corrected chi connectivity index (χ1v) is 7.77. The number of nitrogens with one attached hydrogen (secondary N) is 1. The second-order valence-corrected chi connectivity index (χ2v) is 6.17. The molecule has 20 heavy (non-hydrogen) atoms. The molecule has 0 aliphatic heterocycles. The van der Waals surface area contributed by atoms with Gasteiger partial charge in [-0.25, -0.2) is 4.98 Å². The molecule has 0 saturated heterocycles. The molecule has 1 rings (SSSR count). The lowest BCUT2D eigenvalue weighted by Crippen LogP contribution is -2.36. The summed E-state index contributed by atoms with van der Waals surface area (Å²) < 4.78 is 0. The van der Waals surface area contributed by atoms with Gasteiger partial charge in [-0.15, -0.1) is 11.3 Å². The van der Waals surface area contributed by atoms with E-state index in [9.17, 15) is 9.59 Å². The molecule has 1 aromatic rings. The van der Waals surface area contributed by atoms with Crippen molar-refractivity contribution in [3.63, 3.8) is 0 Å². The minimum atomic E-state index is -0.166. The summed E-state index contributed by atoms with van der Waals surface area (Å²) in [7, 11) is 0. The van der Waals surface area contributed by atoms with Crippen LogP contribution in [-0.4, -0.2) is 33.8 Å². The molecule has 1 N–H and O–H groups in total. The first kappa shape index (κ1) is 16.6. The molecule has 0 aliphatic rings. The molecule has 5 nitrogen and oxygen atoms in total. The van der Waals surface area contributed by atoms with E-state index in [1.165, 1.54) is 11.3 Å². The van der Waals surface area contributed by atoms with Crippen LogP contribution in [-0.2, 0) is 11.3 Å². The number of hydrogen-bond donors (Lipinski definition) is 1. The molecule has 112 valence electrons. The Balaban J connectivity index is 2.76. The zero-order valence-corrected chi connectivity index (χ0v) is 13.6. The topological polar surface area (TPSA) is 62.3 Å². The van der Waals surface area contributed by atoms with Gasteiger partial charge in [0.15, 0.2) is 0 Å². The van der Waals surface area contributed by atoms with E-state index in [2.05, 4.69) is 10.3 Å². The molecule has 0 aliphatic carbocycles. The van der Waals surface area contributed by atoms with E-state index in [0.717, 1.165) is 5.01 Å². The minimum absolute atomic E-state index is 0.0847. The summed E-state index contributed by atoms with van der Waals surface area (Å²) in [5.74, 6) is -0.0659. The maximum atomic E-state index is 11.9. The van der Waals surface area contributed by atoms with Gasteiger partial charge in [0, 0.05) is 23.9 Å². The lowest BCUT2D eigenvalue weighted by Gasteiger charge is -2.25. The van der Waals surface area contributed by atoms with E-state index >= 15 is 0 Å². The normalized spacial score (nSPS) is 10.9. The van der Waals surface area contributed by atoms with Crippen LogP contribution in [0, 0.1) is 0 Å². The van der Waals surface area contributed by atoms with E-state index in [1.807, 2.05) is 34.6 Å². The third kappa shape index (κ3) is 4.59. The summed E-state index contributed by atoms with van der Waals surface area (Å²) in [6, 6.07) is 0.209. The summed E-state index contributed by atoms with van der Waals surface area (Å²) in [5, 5.41) is 5.33. The van der Waals surface area contributed by atoms with Gasteiger partial charge >= 0.3 is 0 Å². The molecular formula is C14H23N3O2S. The standard InChI is InChI=1S/C14H23N3O2S/c1-6-13(18)17(10(4)5)7-12-16-11(8-20-12)14(19)15-9(2)3/h8-10H,6-7H2,1-5H3,(H,15,19). The Labute approximate surface area is 124 Å². The smallest absolute Gasteiger partial charge is 0.270 e. The maximum Gasteiger partial charge on any atom is 0.270 e. The number of carbonyl (C=O) groups is 2. The maximum absolute atomic E-state index is 11.9. The predicted molar refractivity (Wildman–Crippen MR) is 80.7 cm³/mol. The van der Waals surface area contributed by atoms with Crippen LogP contribution in [0.4, 0.5) is 0 Å². The molecule has 0 fully saturated rings. The van der Waals surface area contributed by atoms with E-state index in [4.69, 9.17) is 0 Å². The average Bonchev–Trinajstić information content (AvgIpc) is 2.82. The van der Waals surface area contributed by atoms with Crippen LogP contribution in [0.15, 0.2) is 5.38 Å². The van der Waals surface area contributed by atoms with Gasteiger partial charge in [0.25, 0.3) is 5.91 Å². The Bertz CT molecular complexity index is 469. The van der Waals surface area contributed by atoms with Crippen LogP contribution in [0.2, 0.25) is 0 Å². The molecule has 1 heterocycles. The number of rotatable bonds is 6. The monoisotopic (exact) mass is 297 g/mol. The van der Waals surface area contributed by atoms with Crippen molar-refractivity contribution >= 4 is 23.2 Å². The van der Waals surface area contributed by atoms with E-state index < -0.39 is 0 Å². The number of thiazole rings is 1. The van der Waals surface area contributed by atoms with Crippen molar-refractivity contribution in [2.45, 2.75) is 59.7 Å². The van der Waals surface area contributed by atoms with Crippen molar-refractivity contribution in [3.8, 4) is 0 Å². The van der Waals surface area contributed by atoms with Crippen LogP contribution < -0.4 is 5.32 Å². The minimum Gasteiger partial charge on any atom is -0.349 e. The van der Waals surface area contributed by atoms with Gasteiger partial charge < -0.3 is 10.2 Å². The van der Waals surface area contributed by atoms with Gasteiger partial charge in [0.2, 0.25) is 5.91 Å². The fourth-order valence-corrected chi connectivity index (χ4v) is 2.50. The third-order valence-electron chi connectivity index (χ3n) is 2.76. The Morgan fingerprint density at radius 3 is 2.50 bits per heavy atom. The van der Waals surface area contributed by atoms with Crippen molar-refractivity contribution in [2.24, 2.45) is 0 Å². The molecule has 0 spiro atoms. The molecule has 0 saturated carbocycles. The molecule has 6 heteroatoms. The molecule has 0 aromatic carbocycles. The van der Waals surface area contributed by atoms with Crippen LogP contribution in [0.1, 0.15) is 56.5 Å². The molecular weight excluding hydrogens is 274 g/mol. The summed E-state index contributed by atoms with van der Waals surface area (Å²) in [6.07, 6.45) is 0.476. The highest BCUT2D eigenvalue weighted by Gasteiger charge is 2.18. The van der Waals surface area contributed by atoms with Crippen molar-refractivity contribution in [1.82, 2.24) is 15.2 Å². The Hall–Kier alpha value is -1.43. The van der Waals surface area contributed by atoms with Gasteiger partial charge in [-0.2, -0.15) is 0 Å². The largest absolute Gasteiger partial charge is 0.349 e. The third-order valence-corrected chi connectivity index (χ3v) is 3.59. The molecule has 2 amide bonds. The first-order valence-electron chi connectivity index (χ1n) is 6.89. The van der Waals surface area contributed by atoms with E-state index in [0.29, 0.717) is 18.7 Å². The average molecular weight is 297 g/mol. The van der Waals surface area contributed by atoms with Crippen molar-refractivity contribution in [3.05, 3.63) is 16.1 Å². The number of carbonyl (C=O) groups excluding carboxylic acids is 2. The van der Waals surface area contributed by atoms with Gasteiger partial charge in [-0.3, -0.25) is 9.59 Å². The SMILES string of the molecule is CCC(=O)N(Cc1nc(C(=O)NC(C)C)cs1)C(C)C. The molecule has 1 aromatic heterocycles. The van der Waals surface area contributed by atoms with Gasteiger partial charge in [-0.05, 0) is 27.7 Å². The van der Waals surface area contributed by atoms with Crippen LogP contribution >= 0.6 is 11.3 Å². The van der Waals surface area contributed by atoms with E-state index in [1.54, 1.807) is 10.3 Å². The molecule has 0 radical (unpaired) electrons. The van der Waals surface area contributed by atoms with Crippen LogP contribution in [0.3, 0.4) is 0 Å². The van der Waals surface area contributed by atoms with Gasteiger partial charge in [0.1, 0.15) is 10.7 Å². The van der Waals surface area contributed by atoms with Gasteiger partial charge in [-0.1, -0.05) is 6.92 Å². The Morgan fingerprint density at radius 1 is 1.35 bits per heavy atom. The molecule has 0 bridgehead atoms. The van der Waals surface area contributed by atoms with Crippen LogP contribution in [0.25, 0.3) is 0 Å². The second kappa shape index (κ2) is 7.38. The van der Waals surface area contributed by atoms with E-state index in [-0.39, 0.29) is 23.9 Å². The number of amides is 2. The fourth-order valence-electron chi connectivity index (χ4n) is 1.73. The number of aromatic nitrogens is 1. The number of hydrogen-bond acceptors (Lipinski definition) is 4. The van der Waals surface area contributed by atoms with Crippen molar-refractivity contribution in [2.75, 3.05) is 0 Å². The van der Waals surface area contributed by atoms with Crippen molar-refractivity contribution < 1.29 is 9.59 Å². The van der Waals surface area contributed by atoms with Crippen LogP contribution in [0.5, 0.6) is 0 Å². The van der Waals surface area contributed by atoms with Gasteiger partial charge in [0.05, 0.1) is 6.54 Å². The van der Waals surface area contributed by atoms with Crippen molar-refractivity contribution in [1.29, 1.82) is 0 Å². The highest BCUT2D eigenvalue weighted by Crippen LogP contribution is 2.15. The lowest BCUT2D eigenvalue weighted by atomic mass is 10.3. The first-order chi connectivity index (χ1) is 9.35. The summed E-state index contributed by atoms with van der Waals surface area (Å²) in [4.78, 5) is 29.8. The summed E-state index contributed by atoms with van der Waals surface area (Å²) in [5.41, 5.74) is 0.423. The number of nitrogens with zero attached hydrogens (tertiary/aromatic N) is 2. The summed E-state index contributed by atoms with van der Waals surface area (Å²) in [6.45, 7) is 10.1. The summed E-state index contributed by atoms with van der Waals surface area (Å²) >= 11 is 1.41. The zero-order chi connectivity index (χ0) is 15.3. The Kier molecular flexibility index (Phi) is 6.13. The Morgan fingerprint density at radius 2 is 2.00 bits per heavy atom.